The van der Waals surface area contributed by atoms with E-state index < -0.39 is 5.91 Å². The summed E-state index contributed by atoms with van der Waals surface area (Å²) in [5.41, 5.74) is 5.26. The molecule has 1 aromatic heterocycles. The van der Waals surface area contributed by atoms with E-state index in [9.17, 15) is 9.59 Å². The first-order valence-electron chi connectivity index (χ1n) is 4.29. The second-order valence-corrected chi connectivity index (χ2v) is 3.86. The number of amides is 3. The number of hydrogen-bond acceptors (Lipinski definition) is 5. The van der Waals surface area contributed by atoms with Crippen LogP contribution in [0.3, 0.4) is 0 Å². The van der Waals surface area contributed by atoms with Crippen molar-refractivity contribution in [3.8, 4) is 5.88 Å². The number of rotatable bonds is 3. The molecule has 1 heterocycles. The molecule has 8 heteroatoms. The third-order valence-electron chi connectivity index (χ3n) is 1.73. The topological polar surface area (TPSA) is 97.6 Å². The van der Waals surface area contributed by atoms with Crippen LogP contribution in [0.4, 0.5) is 9.80 Å². The fourth-order valence-corrected chi connectivity index (χ4v) is 1.68. The van der Waals surface area contributed by atoms with Gasteiger partial charge in [-0.2, -0.15) is 4.37 Å². The predicted molar refractivity (Wildman–Crippen MR) is 59.9 cm³/mol. The monoisotopic (exact) mass is 244 g/mol. The minimum atomic E-state index is -0.695. The molecule has 0 aliphatic heterocycles. The molecule has 1 aromatic rings. The fraction of sp³-hybridized carbons (Fsp3) is 0.375. The maximum atomic E-state index is 11.4. The lowest BCUT2D eigenvalue weighted by Gasteiger charge is -2.10. The van der Waals surface area contributed by atoms with Gasteiger partial charge in [0.25, 0.3) is 5.91 Å². The van der Waals surface area contributed by atoms with Crippen molar-refractivity contribution < 1.29 is 14.3 Å². The van der Waals surface area contributed by atoms with E-state index in [1.54, 1.807) is 14.1 Å². The van der Waals surface area contributed by atoms with Gasteiger partial charge in [-0.15, -0.1) is 0 Å². The number of nitrogens with two attached hydrogens (primary N) is 1. The van der Waals surface area contributed by atoms with Crippen LogP contribution in [0.15, 0.2) is 0 Å². The first-order chi connectivity index (χ1) is 7.47. The summed E-state index contributed by atoms with van der Waals surface area (Å²) in [6.07, 6.45) is 0. The number of nitrogens with zero attached hydrogens (tertiary/aromatic N) is 2. The smallest absolute Gasteiger partial charge is 0.321 e. The molecule has 0 aliphatic carbocycles. The number of aromatic nitrogens is 1. The van der Waals surface area contributed by atoms with Crippen molar-refractivity contribution in [3.63, 3.8) is 0 Å². The third kappa shape index (κ3) is 2.40. The number of nitrogens with one attached hydrogen (secondary N) is 1. The number of hydrogen-bond donors (Lipinski definition) is 2. The molecule has 0 saturated heterocycles. The van der Waals surface area contributed by atoms with Gasteiger partial charge in [0.2, 0.25) is 5.88 Å². The van der Waals surface area contributed by atoms with E-state index in [2.05, 4.69) is 9.69 Å². The van der Waals surface area contributed by atoms with E-state index >= 15 is 0 Å². The molecule has 0 saturated carbocycles. The minimum Gasteiger partial charge on any atom is -0.480 e. The standard InChI is InChI=1S/C8H12N4O3S/c1-12(2)8(14)10-7-4(5(9)13)6(15-3)11-16-7/h1-3H3,(H2,9,13)(H,10,14). The molecule has 0 aromatic carbocycles. The van der Waals surface area contributed by atoms with Crippen LogP contribution < -0.4 is 15.8 Å². The number of primary amides is 1. The first kappa shape index (κ1) is 12.2. The Labute approximate surface area is 96.3 Å². The summed E-state index contributed by atoms with van der Waals surface area (Å²) in [5.74, 6) is -0.578. The van der Waals surface area contributed by atoms with Crippen LogP contribution in [0.25, 0.3) is 0 Å². The highest BCUT2D eigenvalue weighted by Gasteiger charge is 2.21. The van der Waals surface area contributed by atoms with Crippen molar-refractivity contribution in [1.29, 1.82) is 0 Å². The number of carbonyl (C=O) groups excluding carboxylic acids is 2. The van der Waals surface area contributed by atoms with Crippen molar-refractivity contribution in [2.75, 3.05) is 26.5 Å². The number of anilines is 1. The highest BCUT2D eigenvalue weighted by molar-refractivity contribution is 7.11. The van der Waals surface area contributed by atoms with Crippen LogP contribution >= 0.6 is 11.5 Å². The molecule has 0 aliphatic rings. The van der Waals surface area contributed by atoms with Crippen LogP contribution in [0.2, 0.25) is 0 Å². The second kappa shape index (κ2) is 4.79. The number of urea groups is 1. The van der Waals surface area contributed by atoms with E-state index in [1.807, 2.05) is 0 Å². The van der Waals surface area contributed by atoms with Crippen molar-refractivity contribution in [2.24, 2.45) is 5.73 Å². The van der Waals surface area contributed by atoms with Crippen LogP contribution in [0.5, 0.6) is 5.88 Å². The van der Waals surface area contributed by atoms with Gasteiger partial charge in [-0.1, -0.05) is 0 Å². The van der Waals surface area contributed by atoms with Gasteiger partial charge in [0.1, 0.15) is 10.6 Å². The number of methoxy groups -OCH3 is 1. The highest BCUT2D eigenvalue weighted by Crippen LogP contribution is 2.29. The Morgan fingerprint density at radius 2 is 2.12 bits per heavy atom. The molecule has 1 rings (SSSR count). The lowest BCUT2D eigenvalue weighted by Crippen LogP contribution is -2.28. The fourth-order valence-electron chi connectivity index (χ4n) is 0.926. The maximum Gasteiger partial charge on any atom is 0.321 e. The summed E-state index contributed by atoms with van der Waals surface area (Å²) in [4.78, 5) is 23.9. The maximum absolute atomic E-state index is 11.4. The van der Waals surface area contributed by atoms with Gasteiger partial charge in [0, 0.05) is 14.1 Å². The molecule has 0 bridgehead atoms. The lowest BCUT2D eigenvalue weighted by molar-refractivity contribution is 0.0998. The average Bonchev–Trinajstić information content (AvgIpc) is 2.60. The molecule has 0 spiro atoms. The molecule has 0 atom stereocenters. The Morgan fingerprint density at radius 1 is 1.50 bits per heavy atom. The molecule has 16 heavy (non-hydrogen) atoms. The number of carbonyl (C=O) groups is 2. The molecule has 0 unspecified atom stereocenters. The van der Waals surface area contributed by atoms with E-state index in [1.165, 1.54) is 12.0 Å². The molecule has 7 nitrogen and oxygen atoms in total. The number of ether oxygens (including phenoxy) is 1. The second-order valence-electron chi connectivity index (χ2n) is 3.08. The Hall–Kier alpha value is -1.83. The van der Waals surface area contributed by atoms with Gasteiger partial charge < -0.3 is 15.4 Å². The quantitative estimate of drug-likeness (QED) is 0.801. The first-order valence-corrected chi connectivity index (χ1v) is 5.06. The Morgan fingerprint density at radius 3 is 2.56 bits per heavy atom. The van der Waals surface area contributed by atoms with E-state index in [0.29, 0.717) is 0 Å². The minimum absolute atomic E-state index is 0.0858. The van der Waals surface area contributed by atoms with Gasteiger partial charge >= 0.3 is 6.03 Å². The Kier molecular flexibility index (Phi) is 3.67. The molecule has 3 N–H and O–H groups in total. The van der Waals surface area contributed by atoms with E-state index in [-0.39, 0.29) is 22.5 Å². The van der Waals surface area contributed by atoms with Crippen molar-refractivity contribution in [3.05, 3.63) is 5.56 Å². The summed E-state index contributed by atoms with van der Waals surface area (Å²) in [6.45, 7) is 0. The van der Waals surface area contributed by atoms with Crippen LogP contribution in [-0.2, 0) is 0 Å². The molecule has 88 valence electrons. The van der Waals surface area contributed by atoms with Gasteiger partial charge in [0.05, 0.1) is 7.11 Å². The molecule has 3 amide bonds. The van der Waals surface area contributed by atoms with E-state index in [4.69, 9.17) is 10.5 Å². The third-order valence-corrected chi connectivity index (χ3v) is 2.47. The lowest BCUT2D eigenvalue weighted by atomic mass is 10.3. The van der Waals surface area contributed by atoms with Crippen LogP contribution in [0.1, 0.15) is 10.4 Å². The zero-order valence-electron chi connectivity index (χ0n) is 9.10. The molecule has 0 radical (unpaired) electrons. The van der Waals surface area contributed by atoms with Crippen LogP contribution in [0, 0.1) is 0 Å². The summed E-state index contributed by atoms with van der Waals surface area (Å²) in [6, 6.07) is -0.367. The molecular weight excluding hydrogens is 232 g/mol. The Balaban J connectivity index is 3.01. The summed E-state index contributed by atoms with van der Waals surface area (Å²) in [5, 5.41) is 2.79. The summed E-state index contributed by atoms with van der Waals surface area (Å²) in [7, 11) is 4.54. The Bertz CT molecular complexity index is 415. The average molecular weight is 244 g/mol. The van der Waals surface area contributed by atoms with Crippen molar-refractivity contribution in [2.45, 2.75) is 0 Å². The zero-order chi connectivity index (χ0) is 12.3. The van der Waals surface area contributed by atoms with E-state index in [0.717, 1.165) is 11.5 Å². The van der Waals surface area contributed by atoms with Gasteiger partial charge in [0.15, 0.2) is 0 Å². The zero-order valence-corrected chi connectivity index (χ0v) is 9.92. The van der Waals surface area contributed by atoms with Crippen molar-refractivity contribution >= 4 is 28.5 Å². The predicted octanol–water partition coefficient (Wildman–Crippen LogP) is 0.344. The summed E-state index contributed by atoms with van der Waals surface area (Å²) < 4.78 is 8.72. The molecule has 0 fully saturated rings. The van der Waals surface area contributed by atoms with Crippen molar-refractivity contribution in [1.82, 2.24) is 9.27 Å². The molecular formula is C8H12N4O3S. The highest BCUT2D eigenvalue weighted by atomic mass is 32.1. The SMILES string of the molecule is COc1nsc(NC(=O)N(C)C)c1C(N)=O. The van der Waals surface area contributed by atoms with Crippen LogP contribution in [-0.4, -0.2) is 42.4 Å². The van der Waals surface area contributed by atoms with Gasteiger partial charge in [-0.3, -0.25) is 10.1 Å². The summed E-state index contributed by atoms with van der Waals surface area (Å²) >= 11 is 0.940. The van der Waals surface area contributed by atoms with Gasteiger partial charge in [-0.25, -0.2) is 4.79 Å². The normalized spacial score (nSPS) is 9.69. The van der Waals surface area contributed by atoms with Gasteiger partial charge in [-0.05, 0) is 11.5 Å². The largest absolute Gasteiger partial charge is 0.480 e.